The van der Waals surface area contributed by atoms with Gasteiger partial charge in [-0.15, -0.1) is 0 Å². The average Bonchev–Trinajstić information content (AvgIpc) is 2.70. The molecule has 1 amide bonds. The van der Waals surface area contributed by atoms with Crippen LogP contribution in [0.3, 0.4) is 0 Å². The Morgan fingerprint density at radius 1 is 1.30 bits per heavy atom. The van der Waals surface area contributed by atoms with Crippen LogP contribution in [0, 0.1) is 21.4 Å². The predicted molar refractivity (Wildman–Crippen MR) is 117 cm³/mol. The lowest BCUT2D eigenvalue weighted by molar-refractivity contribution is -0.384. The molecule has 0 radical (unpaired) electrons. The summed E-state index contributed by atoms with van der Waals surface area (Å²) in [4.78, 5) is 22.8. The monoisotopic (exact) mass is 493 g/mol. The summed E-state index contributed by atoms with van der Waals surface area (Å²) in [5, 5.41) is 22.8. The molecule has 2 aromatic carbocycles. The maximum absolute atomic E-state index is 12.5. The molecular formula is C20H17BrClN3O5. The number of benzene rings is 2. The van der Waals surface area contributed by atoms with Crippen LogP contribution >= 0.6 is 27.5 Å². The number of nitriles is 1. The van der Waals surface area contributed by atoms with Gasteiger partial charge in [-0.05, 0) is 65.7 Å². The van der Waals surface area contributed by atoms with Gasteiger partial charge in [0.1, 0.15) is 16.7 Å². The first kappa shape index (κ1) is 23.2. The second-order valence-corrected chi connectivity index (χ2v) is 7.00. The SMILES string of the molecule is CCOc1cc(/C=C(\C#N)C(=O)Nc2ccc(Cl)c([N+](=O)[O-])c2)cc(Br)c1OCC. The number of halogens is 2. The quantitative estimate of drug-likeness (QED) is 0.229. The molecule has 0 aliphatic heterocycles. The van der Waals surface area contributed by atoms with Crippen LogP contribution in [0.15, 0.2) is 40.4 Å². The Kier molecular flexibility index (Phi) is 8.21. The number of nitrogens with one attached hydrogen (secondary N) is 1. The summed E-state index contributed by atoms with van der Waals surface area (Å²) in [6.45, 7) is 4.51. The Hall–Kier alpha value is -3.09. The van der Waals surface area contributed by atoms with Gasteiger partial charge in [0, 0.05) is 11.8 Å². The van der Waals surface area contributed by atoms with Crippen molar-refractivity contribution in [3.05, 3.63) is 61.1 Å². The maximum Gasteiger partial charge on any atom is 0.289 e. The molecule has 0 atom stereocenters. The van der Waals surface area contributed by atoms with Crippen molar-refractivity contribution in [1.82, 2.24) is 0 Å². The van der Waals surface area contributed by atoms with Gasteiger partial charge >= 0.3 is 0 Å². The van der Waals surface area contributed by atoms with E-state index in [1.54, 1.807) is 12.1 Å². The van der Waals surface area contributed by atoms with Crippen LogP contribution in [0.1, 0.15) is 19.4 Å². The van der Waals surface area contributed by atoms with Crippen LogP contribution in [0.4, 0.5) is 11.4 Å². The van der Waals surface area contributed by atoms with Crippen molar-refractivity contribution < 1.29 is 19.2 Å². The zero-order valence-electron chi connectivity index (χ0n) is 16.1. The van der Waals surface area contributed by atoms with E-state index >= 15 is 0 Å². The van der Waals surface area contributed by atoms with Gasteiger partial charge in [0.05, 0.1) is 22.6 Å². The van der Waals surface area contributed by atoms with Crippen LogP contribution in [-0.4, -0.2) is 24.0 Å². The third kappa shape index (κ3) is 5.72. The summed E-state index contributed by atoms with van der Waals surface area (Å²) in [5.41, 5.74) is 0.113. The standard InChI is InChI=1S/C20H17BrClN3O5/c1-3-29-18-9-12(8-15(21)19(18)30-4-2)7-13(11-23)20(26)24-14-5-6-16(22)17(10-14)25(27)28/h5-10H,3-4H2,1-2H3,(H,24,26)/b13-7+. The van der Waals surface area contributed by atoms with E-state index in [1.165, 1.54) is 18.2 Å². The average molecular weight is 495 g/mol. The van der Waals surface area contributed by atoms with Gasteiger partial charge in [0.2, 0.25) is 0 Å². The molecule has 0 fully saturated rings. The minimum absolute atomic E-state index is 0.0586. The maximum atomic E-state index is 12.5. The number of anilines is 1. The van der Waals surface area contributed by atoms with Gasteiger partial charge in [0.25, 0.3) is 11.6 Å². The lowest BCUT2D eigenvalue weighted by Crippen LogP contribution is -2.13. The van der Waals surface area contributed by atoms with E-state index < -0.39 is 10.8 Å². The number of carbonyl (C=O) groups is 1. The van der Waals surface area contributed by atoms with Crippen molar-refractivity contribution in [3.63, 3.8) is 0 Å². The molecular weight excluding hydrogens is 478 g/mol. The number of hydrogen-bond acceptors (Lipinski definition) is 6. The van der Waals surface area contributed by atoms with Crippen LogP contribution in [0.5, 0.6) is 11.5 Å². The molecule has 0 spiro atoms. The molecule has 1 N–H and O–H groups in total. The molecule has 0 aromatic heterocycles. The normalized spacial score (nSPS) is 10.8. The molecule has 2 aromatic rings. The van der Waals surface area contributed by atoms with Crippen molar-refractivity contribution in [2.75, 3.05) is 18.5 Å². The lowest BCUT2D eigenvalue weighted by Gasteiger charge is -2.13. The van der Waals surface area contributed by atoms with Crippen LogP contribution in [0.25, 0.3) is 6.08 Å². The Bertz CT molecular complexity index is 1050. The lowest BCUT2D eigenvalue weighted by atomic mass is 10.1. The summed E-state index contributed by atoms with van der Waals surface area (Å²) >= 11 is 9.18. The van der Waals surface area contributed by atoms with Crippen molar-refractivity contribution in [2.45, 2.75) is 13.8 Å². The highest BCUT2D eigenvalue weighted by atomic mass is 79.9. The molecule has 156 valence electrons. The number of ether oxygens (including phenoxy) is 2. The zero-order valence-corrected chi connectivity index (χ0v) is 18.4. The first-order chi connectivity index (χ1) is 14.3. The third-order valence-corrected chi connectivity index (χ3v) is 4.61. The number of nitro benzene ring substituents is 1. The number of amides is 1. The van der Waals surface area contributed by atoms with Gasteiger partial charge in [0.15, 0.2) is 11.5 Å². The second-order valence-electron chi connectivity index (χ2n) is 5.74. The molecule has 8 nitrogen and oxygen atoms in total. The van der Waals surface area contributed by atoms with Gasteiger partial charge in [-0.1, -0.05) is 11.6 Å². The second kappa shape index (κ2) is 10.6. The fraction of sp³-hybridized carbons (Fsp3) is 0.200. The van der Waals surface area contributed by atoms with Crippen molar-refractivity contribution in [2.24, 2.45) is 0 Å². The highest BCUT2D eigenvalue weighted by Crippen LogP contribution is 2.37. The van der Waals surface area contributed by atoms with E-state index in [-0.39, 0.29) is 22.0 Å². The van der Waals surface area contributed by atoms with Crippen molar-refractivity contribution >= 4 is 50.9 Å². The zero-order chi connectivity index (χ0) is 22.3. The smallest absolute Gasteiger partial charge is 0.289 e. The number of nitrogens with zero attached hydrogens (tertiary/aromatic N) is 2. The number of nitro groups is 1. The summed E-state index contributed by atoms with van der Waals surface area (Å²) in [5.74, 6) is 0.260. The molecule has 2 rings (SSSR count). The molecule has 0 unspecified atom stereocenters. The molecule has 0 aliphatic carbocycles. The fourth-order valence-corrected chi connectivity index (χ4v) is 3.22. The first-order valence-electron chi connectivity index (χ1n) is 8.76. The van der Waals surface area contributed by atoms with Crippen LogP contribution < -0.4 is 14.8 Å². The highest BCUT2D eigenvalue weighted by Gasteiger charge is 2.17. The van der Waals surface area contributed by atoms with E-state index in [9.17, 15) is 20.2 Å². The summed E-state index contributed by atoms with van der Waals surface area (Å²) in [7, 11) is 0. The van der Waals surface area contributed by atoms with E-state index in [0.717, 1.165) is 6.07 Å². The predicted octanol–water partition coefficient (Wildman–Crippen LogP) is 5.35. The number of hydrogen-bond donors (Lipinski definition) is 1. The number of rotatable bonds is 8. The fourth-order valence-electron chi connectivity index (χ4n) is 2.46. The highest BCUT2D eigenvalue weighted by molar-refractivity contribution is 9.10. The van der Waals surface area contributed by atoms with Crippen LogP contribution in [-0.2, 0) is 4.79 Å². The van der Waals surface area contributed by atoms with E-state index in [1.807, 2.05) is 19.9 Å². The summed E-state index contributed by atoms with van der Waals surface area (Å²) in [6, 6.07) is 8.99. The summed E-state index contributed by atoms with van der Waals surface area (Å²) in [6.07, 6.45) is 1.38. The molecule has 10 heteroatoms. The van der Waals surface area contributed by atoms with Gasteiger partial charge in [-0.2, -0.15) is 5.26 Å². The van der Waals surface area contributed by atoms with Gasteiger partial charge in [-0.3, -0.25) is 14.9 Å². The molecule has 0 saturated carbocycles. The van der Waals surface area contributed by atoms with E-state index in [0.29, 0.717) is 34.7 Å². The molecule has 0 saturated heterocycles. The minimum Gasteiger partial charge on any atom is -0.490 e. The Morgan fingerprint density at radius 2 is 2.00 bits per heavy atom. The molecule has 0 aliphatic rings. The largest absolute Gasteiger partial charge is 0.490 e. The summed E-state index contributed by atoms with van der Waals surface area (Å²) < 4.78 is 11.8. The molecule has 0 heterocycles. The topological polar surface area (TPSA) is 114 Å². The Labute approximate surface area is 186 Å². The third-order valence-electron chi connectivity index (χ3n) is 3.70. The van der Waals surface area contributed by atoms with Crippen LogP contribution in [0.2, 0.25) is 5.02 Å². The van der Waals surface area contributed by atoms with E-state index in [2.05, 4.69) is 21.2 Å². The van der Waals surface area contributed by atoms with E-state index in [4.69, 9.17) is 21.1 Å². The minimum atomic E-state index is -0.725. The molecule has 0 bridgehead atoms. The first-order valence-corrected chi connectivity index (χ1v) is 9.94. The number of carbonyl (C=O) groups excluding carboxylic acids is 1. The van der Waals surface area contributed by atoms with Gasteiger partial charge < -0.3 is 14.8 Å². The van der Waals surface area contributed by atoms with Crippen molar-refractivity contribution in [1.29, 1.82) is 5.26 Å². The van der Waals surface area contributed by atoms with Crippen molar-refractivity contribution in [3.8, 4) is 17.6 Å². The molecule has 30 heavy (non-hydrogen) atoms. The van der Waals surface area contributed by atoms with Gasteiger partial charge in [-0.25, -0.2) is 0 Å². The Balaban J connectivity index is 2.35. The Morgan fingerprint density at radius 3 is 2.60 bits per heavy atom.